The maximum Gasteiger partial charge on any atom is 0.162 e. The average Bonchev–Trinajstić information content (AvgIpc) is 3.68. The van der Waals surface area contributed by atoms with Crippen LogP contribution < -0.4 is 4.90 Å². The molecule has 0 N–H and O–H groups in total. The molecular formula is C46H35N5. The second kappa shape index (κ2) is 11.6. The fourth-order valence-corrected chi connectivity index (χ4v) is 8.43. The first-order chi connectivity index (χ1) is 25.2. The average molecular weight is 658 g/mol. The zero-order valence-electron chi connectivity index (χ0n) is 28.3. The number of anilines is 1. The lowest BCUT2D eigenvalue weighted by Gasteiger charge is -2.35. The van der Waals surface area contributed by atoms with E-state index in [-0.39, 0.29) is 6.04 Å². The van der Waals surface area contributed by atoms with E-state index in [4.69, 9.17) is 15.0 Å². The standard InChI is InChI=1S/C46H35N5/c1-46-38-27-26-33(35-22-13-23-37-36-21-11-12-24-40(36)50(44(35)37)34-19-9-4-10-20-34)29-41(38)51(42(46)25-14-28-47-46)43-30-39(31-15-5-2-6-16-31)48-45(49-43)32-17-7-3-8-18-32/h2-25,28-30,42H,26-27H2,1H3. The maximum absolute atomic E-state index is 5.32. The quantitative estimate of drug-likeness (QED) is 0.185. The number of fused-ring (bicyclic) bond motifs is 5. The highest BCUT2D eigenvalue weighted by Gasteiger charge is 2.50. The number of dihydropyridines is 1. The van der Waals surface area contributed by atoms with Crippen LogP contribution in [0.15, 0.2) is 174 Å². The topological polar surface area (TPSA) is 46.3 Å². The van der Waals surface area contributed by atoms with Crippen molar-refractivity contribution in [2.24, 2.45) is 4.99 Å². The molecular weight excluding hydrogens is 623 g/mol. The third-order valence-corrected chi connectivity index (χ3v) is 10.8. The number of hydrogen-bond acceptors (Lipinski definition) is 4. The highest BCUT2D eigenvalue weighted by Crippen LogP contribution is 2.51. The van der Waals surface area contributed by atoms with Crippen LogP contribution in [-0.2, 0) is 0 Å². The van der Waals surface area contributed by atoms with Crippen LogP contribution in [0.5, 0.6) is 0 Å². The highest BCUT2D eigenvalue weighted by atomic mass is 15.3. The second-order valence-electron chi connectivity index (χ2n) is 13.7. The van der Waals surface area contributed by atoms with Crippen molar-refractivity contribution >= 4 is 39.4 Å². The Morgan fingerprint density at radius 1 is 0.686 bits per heavy atom. The number of aromatic nitrogens is 3. The summed E-state index contributed by atoms with van der Waals surface area (Å²) in [4.78, 5) is 18.0. The number of benzene rings is 5. The molecule has 244 valence electrons. The zero-order valence-corrected chi connectivity index (χ0v) is 28.3. The van der Waals surface area contributed by atoms with E-state index in [0.29, 0.717) is 5.82 Å². The number of para-hydroxylation sites is 3. The predicted octanol–water partition coefficient (Wildman–Crippen LogP) is 10.6. The van der Waals surface area contributed by atoms with Gasteiger partial charge < -0.3 is 9.47 Å². The zero-order chi connectivity index (χ0) is 33.9. The van der Waals surface area contributed by atoms with Gasteiger partial charge >= 0.3 is 0 Å². The Balaban J connectivity index is 1.20. The SMILES string of the molecule is CC12N=CC=CC1N(c1cc(-c3ccccc3)nc(-c3ccccc3)n1)C1=C2CCC(c2cccc3c4ccccc4n(-c4ccccc4)c23)=C1. The molecule has 0 spiro atoms. The van der Waals surface area contributed by atoms with Crippen LogP contribution in [0.25, 0.3) is 55.7 Å². The van der Waals surface area contributed by atoms with E-state index in [0.717, 1.165) is 41.2 Å². The molecule has 0 saturated heterocycles. The van der Waals surface area contributed by atoms with Gasteiger partial charge in [0.1, 0.15) is 11.4 Å². The molecule has 5 aromatic carbocycles. The summed E-state index contributed by atoms with van der Waals surface area (Å²) in [5, 5.41) is 2.53. The Hall–Kier alpha value is -6.33. The van der Waals surface area contributed by atoms with E-state index in [9.17, 15) is 0 Å². The number of hydrogen-bond donors (Lipinski definition) is 0. The van der Waals surface area contributed by atoms with Crippen LogP contribution in [0.1, 0.15) is 25.3 Å². The van der Waals surface area contributed by atoms with Crippen LogP contribution in [0.2, 0.25) is 0 Å². The number of allylic oxidation sites excluding steroid dienone is 3. The van der Waals surface area contributed by atoms with Crippen LogP contribution >= 0.6 is 0 Å². The first kappa shape index (κ1) is 29.6. The van der Waals surface area contributed by atoms with Crippen LogP contribution in [0.3, 0.4) is 0 Å². The van der Waals surface area contributed by atoms with Gasteiger partial charge in [0.25, 0.3) is 0 Å². The van der Waals surface area contributed by atoms with Gasteiger partial charge in [-0.2, -0.15) is 0 Å². The van der Waals surface area contributed by atoms with Crippen molar-refractivity contribution in [1.82, 2.24) is 14.5 Å². The maximum atomic E-state index is 5.32. The molecule has 51 heavy (non-hydrogen) atoms. The summed E-state index contributed by atoms with van der Waals surface area (Å²) < 4.78 is 2.44. The largest absolute Gasteiger partial charge is 0.316 e. The number of nitrogens with zero attached hydrogens (tertiary/aromatic N) is 5. The van der Waals surface area contributed by atoms with Crippen LogP contribution in [0.4, 0.5) is 5.82 Å². The summed E-state index contributed by atoms with van der Waals surface area (Å²) in [5.41, 5.74) is 11.3. The van der Waals surface area contributed by atoms with Crippen molar-refractivity contribution in [2.45, 2.75) is 31.3 Å². The molecule has 0 saturated carbocycles. The highest BCUT2D eigenvalue weighted by molar-refractivity contribution is 6.12. The van der Waals surface area contributed by atoms with Gasteiger partial charge in [-0.15, -0.1) is 0 Å². The Morgan fingerprint density at radius 2 is 1.39 bits per heavy atom. The van der Waals surface area contributed by atoms with Crippen molar-refractivity contribution in [3.05, 3.63) is 175 Å². The minimum Gasteiger partial charge on any atom is -0.316 e. The third-order valence-electron chi connectivity index (χ3n) is 10.8. The van der Waals surface area contributed by atoms with Crippen molar-refractivity contribution in [3.63, 3.8) is 0 Å². The first-order valence-corrected chi connectivity index (χ1v) is 17.7. The third kappa shape index (κ3) is 4.65. The molecule has 7 aromatic rings. The van der Waals surface area contributed by atoms with Crippen molar-refractivity contribution in [1.29, 1.82) is 0 Å². The lowest BCUT2D eigenvalue weighted by atomic mass is 9.80. The molecule has 0 radical (unpaired) electrons. The fraction of sp³-hybridized carbons (Fsp3) is 0.109. The lowest BCUT2D eigenvalue weighted by molar-refractivity contribution is 0.502. The Bertz CT molecular complexity index is 2540. The van der Waals surface area contributed by atoms with Crippen LogP contribution in [0, 0.1) is 0 Å². The number of rotatable bonds is 5. The molecule has 5 nitrogen and oxygen atoms in total. The fourth-order valence-electron chi connectivity index (χ4n) is 8.43. The van der Waals surface area contributed by atoms with Gasteiger partial charge in [0.05, 0.1) is 22.8 Å². The molecule has 2 unspecified atom stereocenters. The smallest absolute Gasteiger partial charge is 0.162 e. The molecule has 0 bridgehead atoms. The van der Waals surface area contributed by atoms with E-state index in [1.54, 1.807) is 0 Å². The van der Waals surface area contributed by atoms with Gasteiger partial charge in [-0.25, -0.2) is 9.97 Å². The minimum absolute atomic E-state index is 0.0168. The summed E-state index contributed by atoms with van der Waals surface area (Å²) in [6, 6.07) is 49.1. The molecule has 2 atom stereocenters. The normalized spacial score (nSPS) is 19.4. The molecule has 10 rings (SSSR count). The molecule has 2 aromatic heterocycles. The predicted molar refractivity (Wildman–Crippen MR) is 210 cm³/mol. The molecule has 2 aliphatic heterocycles. The van der Waals surface area contributed by atoms with Gasteiger partial charge in [-0.05, 0) is 61.3 Å². The molecule has 4 heterocycles. The van der Waals surface area contributed by atoms with E-state index in [2.05, 4.69) is 150 Å². The summed E-state index contributed by atoms with van der Waals surface area (Å²) in [6.07, 6.45) is 10.6. The van der Waals surface area contributed by atoms with Crippen molar-refractivity contribution in [2.75, 3.05) is 4.90 Å². The van der Waals surface area contributed by atoms with Gasteiger partial charge in [0.2, 0.25) is 0 Å². The summed E-state index contributed by atoms with van der Waals surface area (Å²) in [6.45, 7) is 2.29. The monoisotopic (exact) mass is 657 g/mol. The lowest BCUT2D eigenvalue weighted by Crippen LogP contribution is -2.44. The van der Waals surface area contributed by atoms with Gasteiger partial charge in [0.15, 0.2) is 5.82 Å². The van der Waals surface area contributed by atoms with Crippen molar-refractivity contribution < 1.29 is 0 Å². The number of aliphatic imine (C=N–C) groups is 1. The van der Waals surface area contributed by atoms with E-state index in [1.165, 1.54) is 44.2 Å². The van der Waals surface area contributed by atoms with Crippen molar-refractivity contribution in [3.8, 4) is 28.3 Å². The molecule has 5 heteroatoms. The molecule has 0 fully saturated rings. The summed E-state index contributed by atoms with van der Waals surface area (Å²) in [7, 11) is 0. The Morgan fingerprint density at radius 3 is 2.20 bits per heavy atom. The van der Waals surface area contributed by atoms with E-state index >= 15 is 0 Å². The van der Waals surface area contributed by atoms with Gasteiger partial charge in [-0.3, -0.25) is 4.99 Å². The Kier molecular flexibility index (Phi) is 6.75. The van der Waals surface area contributed by atoms with Gasteiger partial charge in [0, 0.05) is 51.1 Å². The molecule has 0 amide bonds. The summed E-state index contributed by atoms with van der Waals surface area (Å²) >= 11 is 0. The molecule has 3 aliphatic rings. The van der Waals surface area contributed by atoms with Gasteiger partial charge in [-0.1, -0.05) is 121 Å². The van der Waals surface area contributed by atoms with E-state index < -0.39 is 5.54 Å². The molecule has 1 aliphatic carbocycles. The summed E-state index contributed by atoms with van der Waals surface area (Å²) in [5.74, 6) is 1.59. The second-order valence-corrected chi connectivity index (χ2v) is 13.7. The van der Waals surface area contributed by atoms with E-state index in [1.807, 2.05) is 30.5 Å². The van der Waals surface area contributed by atoms with Crippen LogP contribution in [-0.4, -0.2) is 32.3 Å². The Labute approximate surface area is 297 Å². The minimum atomic E-state index is -0.401. The first-order valence-electron chi connectivity index (χ1n) is 17.7.